The van der Waals surface area contributed by atoms with E-state index in [1.54, 1.807) is 13.3 Å². The van der Waals surface area contributed by atoms with Gasteiger partial charge in [0.2, 0.25) is 0 Å². The van der Waals surface area contributed by atoms with Gasteiger partial charge in [0.15, 0.2) is 5.84 Å². The lowest BCUT2D eigenvalue weighted by Gasteiger charge is -2.10. The molecule has 0 aliphatic heterocycles. The molecular formula is C25H20Br2N4O. The van der Waals surface area contributed by atoms with E-state index in [9.17, 15) is 0 Å². The minimum Gasteiger partial charge on any atom is -0.496 e. The fourth-order valence-electron chi connectivity index (χ4n) is 3.18. The molecule has 1 aromatic heterocycles. The van der Waals surface area contributed by atoms with Crippen LogP contribution in [0.4, 0.5) is 5.69 Å². The molecule has 1 heterocycles. The van der Waals surface area contributed by atoms with Crippen molar-refractivity contribution in [2.24, 2.45) is 10.1 Å². The minimum absolute atomic E-state index is 0.521. The van der Waals surface area contributed by atoms with Gasteiger partial charge < -0.3 is 4.74 Å². The molecule has 7 heteroatoms. The Bertz CT molecular complexity index is 1310. The summed E-state index contributed by atoms with van der Waals surface area (Å²) in [5, 5.41) is 5.48. The van der Waals surface area contributed by atoms with E-state index >= 15 is 0 Å². The number of amidine groups is 1. The first-order valence-corrected chi connectivity index (χ1v) is 11.5. The van der Waals surface area contributed by atoms with Crippen molar-refractivity contribution >= 4 is 60.5 Å². The molecule has 160 valence electrons. The van der Waals surface area contributed by atoms with Crippen molar-refractivity contribution in [1.29, 1.82) is 0 Å². The fourth-order valence-corrected chi connectivity index (χ4v) is 4.78. The Hall–Kier alpha value is -3.03. The summed E-state index contributed by atoms with van der Waals surface area (Å²) in [5.41, 5.74) is 7.37. The number of nitrogens with one attached hydrogen (secondary N) is 1. The molecular weight excluding hydrogens is 532 g/mol. The first-order valence-electron chi connectivity index (χ1n) is 9.88. The number of halogens is 2. The van der Waals surface area contributed by atoms with Gasteiger partial charge in [0, 0.05) is 19.9 Å². The molecule has 0 spiro atoms. The zero-order valence-corrected chi connectivity index (χ0v) is 20.7. The van der Waals surface area contributed by atoms with Crippen LogP contribution in [-0.4, -0.2) is 24.1 Å². The summed E-state index contributed by atoms with van der Waals surface area (Å²) in [7, 11) is 1.64. The van der Waals surface area contributed by atoms with E-state index in [0.29, 0.717) is 11.5 Å². The smallest absolute Gasteiger partial charge is 0.173 e. The number of hydrazone groups is 1. The molecule has 5 nitrogen and oxygen atoms in total. The van der Waals surface area contributed by atoms with Gasteiger partial charge in [-0.2, -0.15) is 5.10 Å². The van der Waals surface area contributed by atoms with Gasteiger partial charge in [0.25, 0.3) is 0 Å². The Morgan fingerprint density at radius 2 is 1.69 bits per heavy atom. The highest BCUT2D eigenvalue weighted by Gasteiger charge is 2.11. The SMILES string of the molecule is COc1ccccc1C=NNC(=Nc1c(Br)cc(C)cc1Br)c1ccc2ccccc2n1. The summed E-state index contributed by atoms with van der Waals surface area (Å²) < 4.78 is 7.15. The van der Waals surface area contributed by atoms with Crippen LogP contribution in [-0.2, 0) is 0 Å². The highest BCUT2D eigenvalue weighted by molar-refractivity contribution is 9.11. The van der Waals surface area contributed by atoms with Gasteiger partial charge in [-0.3, -0.25) is 5.43 Å². The predicted octanol–water partition coefficient (Wildman–Crippen LogP) is 6.78. The Balaban J connectivity index is 1.76. The average molecular weight is 552 g/mol. The van der Waals surface area contributed by atoms with Crippen LogP contribution in [0.3, 0.4) is 0 Å². The maximum absolute atomic E-state index is 5.40. The Morgan fingerprint density at radius 3 is 2.47 bits per heavy atom. The van der Waals surface area contributed by atoms with E-state index in [2.05, 4.69) is 42.4 Å². The summed E-state index contributed by atoms with van der Waals surface area (Å²) >= 11 is 7.24. The van der Waals surface area contributed by atoms with Crippen molar-refractivity contribution in [3.8, 4) is 5.75 Å². The number of benzene rings is 3. The number of hydrogen-bond donors (Lipinski definition) is 1. The van der Waals surface area contributed by atoms with Crippen LogP contribution in [0.5, 0.6) is 5.75 Å². The van der Waals surface area contributed by atoms with Crippen LogP contribution in [0.15, 0.2) is 91.8 Å². The molecule has 0 aliphatic carbocycles. The van der Waals surface area contributed by atoms with Crippen molar-refractivity contribution in [3.05, 3.63) is 98.6 Å². The summed E-state index contributed by atoms with van der Waals surface area (Å²) in [4.78, 5) is 9.64. The molecule has 0 unspecified atom stereocenters. The number of aryl methyl sites for hydroxylation is 1. The van der Waals surface area contributed by atoms with Gasteiger partial charge in [-0.15, -0.1) is 0 Å². The molecule has 4 rings (SSSR count). The number of pyridine rings is 1. The number of aliphatic imine (C=N–C) groups is 1. The van der Waals surface area contributed by atoms with E-state index in [1.165, 1.54) is 0 Å². The van der Waals surface area contributed by atoms with Crippen molar-refractivity contribution < 1.29 is 4.74 Å². The van der Waals surface area contributed by atoms with E-state index in [0.717, 1.165) is 42.4 Å². The van der Waals surface area contributed by atoms with Gasteiger partial charge >= 0.3 is 0 Å². The predicted molar refractivity (Wildman–Crippen MR) is 138 cm³/mol. The monoisotopic (exact) mass is 550 g/mol. The number of rotatable bonds is 5. The number of fused-ring (bicyclic) bond motifs is 1. The summed E-state index contributed by atoms with van der Waals surface area (Å²) in [5.74, 6) is 1.26. The first kappa shape index (κ1) is 22.2. The third kappa shape index (κ3) is 5.06. The minimum atomic E-state index is 0.521. The topological polar surface area (TPSA) is 58.9 Å². The van der Waals surface area contributed by atoms with Gasteiger partial charge in [-0.05, 0) is 80.7 Å². The maximum atomic E-state index is 5.40. The first-order chi connectivity index (χ1) is 15.5. The molecule has 32 heavy (non-hydrogen) atoms. The fraction of sp³-hybridized carbons (Fsp3) is 0.0800. The lowest BCUT2D eigenvalue weighted by Crippen LogP contribution is -2.20. The van der Waals surface area contributed by atoms with Crippen molar-refractivity contribution in [3.63, 3.8) is 0 Å². The molecule has 0 bridgehead atoms. The number of aromatic nitrogens is 1. The third-order valence-electron chi connectivity index (χ3n) is 4.74. The number of para-hydroxylation sites is 2. The quantitative estimate of drug-likeness (QED) is 0.169. The molecule has 4 aromatic rings. The molecule has 0 atom stereocenters. The lowest BCUT2D eigenvalue weighted by molar-refractivity contribution is 0.414. The van der Waals surface area contributed by atoms with Crippen LogP contribution >= 0.6 is 31.9 Å². The lowest BCUT2D eigenvalue weighted by atomic mass is 10.2. The highest BCUT2D eigenvalue weighted by Crippen LogP contribution is 2.35. The molecule has 0 fully saturated rings. The summed E-state index contributed by atoms with van der Waals surface area (Å²) in [6, 6.07) is 23.7. The Morgan fingerprint density at radius 1 is 0.969 bits per heavy atom. The Kier molecular flexibility index (Phi) is 6.97. The van der Waals surface area contributed by atoms with Crippen LogP contribution in [0.25, 0.3) is 10.9 Å². The third-order valence-corrected chi connectivity index (χ3v) is 5.95. The van der Waals surface area contributed by atoms with Crippen molar-refractivity contribution in [1.82, 2.24) is 10.4 Å². The maximum Gasteiger partial charge on any atom is 0.173 e. The number of nitrogens with zero attached hydrogens (tertiary/aromatic N) is 3. The molecule has 1 N–H and O–H groups in total. The molecule has 0 amide bonds. The molecule has 3 aromatic carbocycles. The van der Waals surface area contributed by atoms with E-state index in [-0.39, 0.29) is 0 Å². The van der Waals surface area contributed by atoms with Crippen LogP contribution in [0, 0.1) is 6.92 Å². The van der Waals surface area contributed by atoms with Crippen LogP contribution in [0.2, 0.25) is 0 Å². The molecule has 0 aliphatic rings. The van der Waals surface area contributed by atoms with Crippen LogP contribution in [0.1, 0.15) is 16.8 Å². The zero-order chi connectivity index (χ0) is 22.5. The van der Waals surface area contributed by atoms with Gasteiger partial charge in [0.05, 0.1) is 24.5 Å². The second-order valence-electron chi connectivity index (χ2n) is 7.04. The van der Waals surface area contributed by atoms with Gasteiger partial charge in [-0.25, -0.2) is 9.98 Å². The van der Waals surface area contributed by atoms with Crippen molar-refractivity contribution in [2.45, 2.75) is 6.92 Å². The van der Waals surface area contributed by atoms with E-state index in [4.69, 9.17) is 14.7 Å². The summed E-state index contributed by atoms with van der Waals surface area (Å²) in [6.07, 6.45) is 1.70. The second kappa shape index (κ2) is 10.1. The molecule has 0 saturated carbocycles. The zero-order valence-electron chi connectivity index (χ0n) is 17.5. The molecule has 0 saturated heterocycles. The van der Waals surface area contributed by atoms with E-state index in [1.807, 2.05) is 79.7 Å². The number of hydrogen-bond acceptors (Lipinski definition) is 4. The number of methoxy groups -OCH3 is 1. The normalized spacial score (nSPS) is 11.8. The second-order valence-corrected chi connectivity index (χ2v) is 8.75. The standard InChI is InChI=1S/C25H20Br2N4O/c1-16-13-19(26)24(20(27)14-16)30-25(22-12-11-17-7-3-5-9-21(17)29-22)31-28-15-18-8-4-6-10-23(18)32-2/h3-15H,1-2H3,(H,30,31). The largest absolute Gasteiger partial charge is 0.496 e. The van der Waals surface area contributed by atoms with Crippen LogP contribution < -0.4 is 10.2 Å². The average Bonchev–Trinajstić information content (AvgIpc) is 2.80. The van der Waals surface area contributed by atoms with Crippen molar-refractivity contribution in [2.75, 3.05) is 7.11 Å². The van der Waals surface area contributed by atoms with Gasteiger partial charge in [0.1, 0.15) is 11.4 Å². The number of ether oxygens (including phenoxy) is 1. The summed E-state index contributed by atoms with van der Waals surface area (Å²) in [6.45, 7) is 2.03. The Labute approximate surface area is 203 Å². The van der Waals surface area contributed by atoms with E-state index < -0.39 is 0 Å². The van der Waals surface area contributed by atoms with Gasteiger partial charge in [-0.1, -0.05) is 36.4 Å². The molecule has 0 radical (unpaired) electrons. The highest BCUT2D eigenvalue weighted by atomic mass is 79.9.